The Bertz CT molecular complexity index is 1100. The number of fused-ring (bicyclic) bond motifs is 3. The molecule has 1 aliphatic carbocycles. The molecule has 0 amide bonds. The molecule has 4 rings (SSSR count). The molecule has 5 nitrogen and oxygen atoms in total. The van der Waals surface area contributed by atoms with Crippen molar-refractivity contribution in [2.24, 2.45) is 0 Å². The number of benzene rings is 2. The van der Waals surface area contributed by atoms with Gasteiger partial charge in [-0.1, -0.05) is 36.2 Å². The lowest BCUT2D eigenvalue weighted by Crippen LogP contribution is -2.02. The van der Waals surface area contributed by atoms with Gasteiger partial charge in [0, 0.05) is 33.1 Å². The highest BCUT2D eigenvalue weighted by Gasteiger charge is 2.24. The quantitative estimate of drug-likeness (QED) is 0.355. The summed E-state index contributed by atoms with van der Waals surface area (Å²) in [6, 6.07) is 9.57. The smallest absolute Gasteiger partial charge is 0.161 e. The molecular weight excluding hydrogens is 397 g/mol. The Morgan fingerprint density at radius 3 is 2.18 bits per heavy atom. The lowest BCUT2D eigenvalue weighted by Gasteiger charge is -2.10. The fourth-order valence-corrected chi connectivity index (χ4v) is 4.26. The van der Waals surface area contributed by atoms with E-state index in [4.69, 9.17) is 32.7 Å². The van der Waals surface area contributed by atoms with Crippen LogP contribution in [0.1, 0.15) is 18.1 Å². The molecule has 0 unspecified atom stereocenters. The number of hydrogen-bond donors (Lipinski definition) is 3. The van der Waals surface area contributed by atoms with Crippen molar-refractivity contribution in [2.45, 2.75) is 19.9 Å². The molecule has 1 heterocycles. The Labute approximate surface area is 173 Å². The third-order valence-corrected chi connectivity index (χ3v) is 5.80. The maximum Gasteiger partial charge on any atom is 0.161 e. The topological polar surface area (TPSA) is 62.1 Å². The van der Waals surface area contributed by atoms with Gasteiger partial charge in [0.05, 0.1) is 19.9 Å². The second kappa shape index (κ2) is 7.49. The molecule has 0 radical (unpaired) electrons. The number of H-pyrrole nitrogens is 2. The predicted molar refractivity (Wildman–Crippen MR) is 116 cm³/mol. The average molecular weight is 418 g/mol. The van der Waals surface area contributed by atoms with Crippen LogP contribution >= 0.6 is 23.2 Å². The zero-order chi connectivity index (χ0) is 19.8. The van der Waals surface area contributed by atoms with Crippen LogP contribution in [0.4, 0.5) is 5.82 Å². The Kier molecular flexibility index (Phi) is 5.04. The molecule has 0 atom stereocenters. The van der Waals surface area contributed by atoms with Gasteiger partial charge >= 0.3 is 0 Å². The summed E-state index contributed by atoms with van der Waals surface area (Å²) in [7, 11) is 3.30. The minimum Gasteiger partial charge on any atom is -0.493 e. The lowest BCUT2D eigenvalue weighted by molar-refractivity contribution is 0.356. The van der Waals surface area contributed by atoms with Crippen LogP contribution in [0.2, 0.25) is 10.0 Å². The second-order valence-electron chi connectivity index (χ2n) is 6.51. The van der Waals surface area contributed by atoms with E-state index in [2.05, 4.69) is 22.4 Å². The van der Waals surface area contributed by atoms with Crippen molar-refractivity contribution >= 4 is 39.8 Å². The molecule has 2 aromatic carbocycles. The van der Waals surface area contributed by atoms with Gasteiger partial charge in [0.15, 0.2) is 11.5 Å². The van der Waals surface area contributed by atoms with Gasteiger partial charge in [-0.2, -0.15) is 0 Å². The number of ether oxygens (including phenoxy) is 2. The highest BCUT2D eigenvalue weighted by atomic mass is 35.5. The third-order valence-electron chi connectivity index (χ3n) is 5.09. The highest BCUT2D eigenvalue weighted by molar-refractivity contribution is 6.36. The number of anilines is 1. The number of nitrogens with one attached hydrogen (secondary N) is 3. The molecule has 0 saturated carbocycles. The molecule has 2 aromatic rings. The van der Waals surface area contributed by atoms with E-state index in [-0.39, 0.29) is 0 Å². The molecular formula is C21H21Cl2N3O2. The van der Waals surface area contributed by atoms with Gasteiger partial charge in [-0.25, -0.2) is 0 Å². The number of rotatable bonds is 6. The number of halogens is 2. The van der Waals surface area contributed by atoms with Gasteiger partial charge < -0.3 is 14.8 Å². The third kappa shape index (κ3) is 2.95. The molecule has 0 bridgehead atoms. The van der Waals surface area contributed by atoms with Crippen molar-refractivity contribution in [3.05, 3.63) is 51.5 Å². The van der Waals surface area contributed by atoms with E-state index in [0.29, 0.717) is 22.3 Å². The first kappa shape index (κ1) is 18.8. The van der Waals surface area contributed by atoms with Crippen LogP contribution in [0.5, 0.6) is 11.5 Å². The molecule has 0 aromatic heterocycles. The summed E-state index contributed by atoms with van der Waals surface area (Å²) in [5.41, 5.74) is 4.25. The van der Waals surface area contributed by atoms with E-state index in [1.165, 1.54) is 5.56 Å². The van der Waals surface area contributed by atoms with E-state index in [1.54, 1.807) is 14.2 Å². The van der Waals surface area contributed by atoms with E-state index >= 15 is 0 Å². The Hall–Kier alpha value is -2.50. The average Bonchev–Trinajstić information content (AvgIpc) is 3.24. The van der Waals surface area contributed by atoms with Crippen molar-refractivity contribution < 1.29 is 9.47 Å². The number of hydrogen-bond acceptors (Lipinski definition) is 3. The number of aromatic nitrogens is 2. The number of aromatic amines is 2. The van der Waals surface area contributed by atoms with Crippen LogP contribution in [0.3, 0.4) is 0 Å². The van der Waals surface area contributed by atoms with E-state index in [0.717, 1.165) is 45.6 Å². The summed E-state index contributed by atoms with van der Waals surface area (Å²) in [6.07, 6.45) is 0.878. The van der Waals surface area contributed by atoms with Gasteiger partial charge in [-0.05, 0) is 41.6 Å². The Morgan fingerprint density at radius 2 is 1.57 bits per heavy atom. The molecule has 0 fully saturated rings. The van der Waals surface area contributed by atoms with E-state index in [1.807, 2.05) is 30.3 Å². The minimum absolute atomic E-state index is 0.513. The van der Waals surface area contributed by atoms with Gasteiger partial charge in [0.25, 0.3) is 0 Å². The number of methoxy groups -OCH3 is 2. The van der Waals surface area contributed by atoms with Crippen molar-refractivity contribution in [2.75, 3.05) is 19.5 Å². The summed E-state index contributed by atoms with van der Waals surface area (Å²) < 4.78 is 11.0. The summed E-state index contributed by atoms with van der Waals surface area (Å²) >= 11 is 12.6. The van der Waals surface area contributed by atoms with Crippen molar-refractivity contribution in [1.82, 2.24) is 10.2 Å². The SMILES string of the molecule is CCc1c2c(NCc3c(Cl)cccc3Cl)[nH][nH]c-2c2cc(OC)c(OC)cc12. The minimum atomic E-state index is 0.513. The molecule has 2 aliphatic rings. The Morgan fingerprint density at radius 1 is 0.929 bits per heavy atom. The zero-order valence-electron chi connectivity index (χ0n) is 15.9. The molecule has 7 heteroatoms. The fraction of sp³-hybridized carbons (Fsp3) is 0.238. The maximum absolute atomic E-state index is 6.31. The van der Waals surface area contributed by atoms with Crippen LogP contribution in [0.25, 0.3) is 22.0 Å². The maximum atomic E-state index is 6.31. The predicted octanol–water partition coefficient (Wildman–Crippen LogP) is 6.10. The van der Waals surface area contributed by atoms with Crippen LogP contribution < -0.4 is 14.8 Å². The van der Waals surface area contributed by atoms with Crippen LogP contribution in [-0.4, -0.2) is 24.4 Å². The normalized spacial score (nSPS) is 11.3. The first-order valence-electron chi connectivity index (χ1n) is 9.02. The summed E-state index contributed by atoms with van der Waals surface area (Å²) in [5, 5.41) is 13.5. The Balaban J connectivity index is 1.79. The lowest BCUT2D eigenvalue weighted by atomic mass is 10.1. The van der Waals surface area contributed by atoms with E-state index < -0.39 is 0 Å². The van der Waals surface area contributed by atoms with E-state index in [9.17, 15) is 0 Å². The van der Waals surface area contributed by atoms with Crippen molar-refractivity contribution in [3.8, 4) is 22.8 Å². The molecule has 0 saturated heterocycles. The molecule has 0 spiro atoms. The summed E-state index contributed by atoms with van der Waals surface area (Å²) in [6.45, 7) is 2.66. The molecule has 3 N–H and O–H groups in total. The summed E-state index contributed by atoms with van der Waals surface area (Å²) in [5.74, 6) is 2.33. The molecule has 1 aliphatic heterocycles. The van der Waals surface area contributed by atoms with Gasteiger partial charge in [0.2, 0.25) is 0 Å². The highest BCUT2D eigenvalue weighted by Crippen LogP contribution is 2.46. The monoisotopic (exact) mass is 417 g/mol. The van der Waals surface area contributed by atoms with Crippen molar-refractivity contribution in [3.63, 3.8) is 0 Å². The fourth-order valence-electron chi connectivity index (χ4n) is 3.73. The zero-order valence-corrected chi connectivity index (χ0v) is 17.4. The van der Waals surface area contributed by atoms with Crippen molar-refractivity contribution in [1.29, 1.82) is 0 Å². The van der Waals surface area contributed by atoms with Crippen LogP contribution in [0, 0.1) is 0 Å². The largest absolute Gasteiger partial charge is 0.493 e. The molecule has 146 valence electrons. The molecule has 28 heavy (non-hydrogen) atoms. The van der Waals surface area contributed by atoms with Gasteiger partial charge in [-0.3, -0.25) is 10.2 Å². The first-order valence-corrected chi connectivity index (χ1v) is 9.78. The van der Waals surface area contributed by atoms with Gasteiger partial charge in [0.1, 0.15) is 5.82 Å². The van der Waals surface area contributed by atoms with Crippen LogP contribution in [0.15, 0.2) is 30.3 Å². The standard InChI is InChI=1S/C21H21Cl2N3O2/c1-4-11-12-8-17(27-2)18(28-3)9-13(12)20-19(11)21(26-25-20)24-10-14-15(22)6-5-7-16(14)23/h5-9,24-26H,4,10H2,1-3H3. The number of aryl methyl sites for hydroxylation is 1. The van der Waals surface area contributed by atoms with Crippen LogP contribution in [-0.2, 0) is 13.0 Å². The first-order chi connectivity index (χ1) is 13.6. The second-order valence-corrected chi connectivity index (χ2v) is 7.33. The van der Waals surface area contributed by atoms with Gasteiger partial charge in [-0.15, -0.1) is 0 Å². The summed E-state index contributed by atoms with van der Waals surface area (Å²) in [4.78, 5) is 0.